The van der Waals surface area contributed by atoms with Gasteiger partial charge in [0, 0.05) is 11.1 Å². The Balaban J connectivity index is 1.89. The quantitative estimate of drug-likeness (QED) is 0.793. The smallest absolute Gasteiger partial charge is 0.319 e. The third kappa shape index (κ3) is 4.27. The molecule has 0 aromatic heterocycles. The zero-order chi connectivity index (χ0) is 16.1. The minimum absolute atomic E-state index is 0.0132. The molecule has 22 heavy (non-hydrogen) atoms. The molecule has 3 N–H and O–H groups in total. The molecule has 0 saturated heterocycles. The monoisotopic (exact) mass is 326 g/mol. The fraction of sp³-hybridized carbons (Fsp3) is 0.467. The highest BCUT2D eigenvalue weighted by atomic mass is 35.5. The standard InChI is InChI=1S/C15H19ClN2O4/c1-22-13-7-4-10(16)8-12(13)18-15(21)17-11-5-2-9(3-6-11)14(19)20/h4,7-9,11H,2-3,5-6H2,1H3,(H,19,20)(H2,17,18,21). The molecule has 2 amide bonds. The Morgan fingerprint density at radius 1 is 1.27 bits per heavy atom. The number of anilines is 1. The van der Waals surface area contributed by atoms with Crippen LogP contribution >= 0.6 is 11.6 Å². The summed E-state index contributed by atoms with van der Waals surface area (Å²) in [6, 6.07) is 4.61. The molecule has 7 heteroatoms. The third-order valence-corrected chi connectivity index (χ3v) is 4.06. The number of hydrogen-bond donors (Lipinski definition) is 3. The van der Waals surface area contributed by atoms with Gasteiger partial charge in [-0.2, -0.15) is 0 Å². The molecule has 1 aromatic rings. The number of nitrogens with one attached hydrogen (secondary N) is 2. The molecule has 1 saturated carbocycles. The lowest BCUT2D eigenvalue weighted by atomic mass is 9.86. The molecule has 120 valence electrons. The number of amides is 2. The Hall–Kier alpha value is -1.95. The number of rotatable bonds is 4. The van der Waals surface area contributed by atoms with Crippen molar-refractivity contribution < 1.29 is 19.4 Å². The molecule has 2 rings (SSSR count). The summed E-state index contributed by atoms with van der Waals surface area (Å²) >= 11 is 5.91. The van der Waals surface area contributed by atoms with Gasteiger partial charge in [0.2, 0.25) is 0 Å². The average molecular weight is 327 g/mol. The molecule has 0 spiro atoms. The van der Waals surface area contributed by atoms with Crippen LogP contribution in [-0.2, 0) is 4.79 Å². The van der Waals surface area contributed by atoms with Crippen molar-refractivity contribution in [2.75, 3.05) is 12.4 Å². The van der Waals surface area contributed by atoms with Crippen molar-refractivity contribution in [2.45, 2.75) is 31.7 Å². The van der Waals surface area contributed by atoms with E-state index in [4.69, 9.17) is 21.4 Å². The van der Waals surface area contributed by atoms with E-state index in [2.05, 4.69) is 10.6 Å². The van der Waals surface area contributed by atoms with E-state index < -0.39 is 5.97 Å². The number of hydrogen-bond acceptors (Lipinski definition) is 3. The zero-order valence-electron chi connectivity index (χ0n) is 12.3. The second-order valence-corrected chi connectivity index (χ2v) is 5.77. The van der Waals surface area contributed by atoms with Crippen LogP contribution < -0.4 is 15.4 Å². The SMILES string of the molecule is COc1ccc(Cl)cc1NC(=O)NC1CCC(C(=O)O)CC1. The Morgan fingerprint density at radius 3 is 2.55 bits per heavy atom. The van der Waals surface area contributed by atoms with Gasteiger partial charge >= 0.3 is 12.0 Å². The predicted molar refractivity (Wildman–Crippen MR) is 83.5 cm³/mol. The second-order valence-electron chi connectivity index (χ2n) is 5.33. The molecule has 0 radical (unpaired) electrons. The first-order valence-electron chi connectivity index (χ1n) is 7.13. The number of carbonyl (C=O) groups excluding carboxylic acids is 1. The van der Waals surface area contributed by atoms with Gasteiger partial charge in [-0.1, -0.05) is 11.6 Å². The number of methoxy groups -OCH3 is 1. The van der Waals surface area contributed by atoms with Gasteiger partial charge in [0.1, 0.15) is 5.75 Å². The van der Waals surface area contributed by atoms with E-state index in [1.54, 1.807) is 18.2 Å². The summed E-state index contributed by atoms with van der Waals surface area (Å²) in [6.07, 6.45) is 2.50. The van der Waals surface area contributed by atoms with Gasteiger partial charge in [-0.25, -0.2) is 4.79 Å². The van der Waals surface area contributed by atoms with E-state index in [1.807, 2.05) is 0 Å². The van der Waals surface area contributed by atoms with Crippen molar-refractivity contribution in [3.8, 4) is 5.75 Å². The van der Waals surface area contributed by atoms with Crippen molar-refractivity contribution in [3.05, 3.63) is 23.2 Å². The first-order chi connectivity index (χ1) is 10.5. The second kappa shape index (κ2) is 7.35. The van der Waals surface area contributed by atoms with Crippen LogP contribution in [0.3, 0.4) is 0 Å². The van der Waals surface area contributed by atoms with Crippen LogP contribution in [0.2, 0.25) is 5.02 Å². The van der Waals surface area contributed by atoms with Gasteiger partial charge in [0.15, 0.2) is 0 Å². The van der Waals surface area contributed by atoms with E-state index in [-0.39, 0.29) is 18.0 Å². The molecule has 0 heterocycles. The molecule has 0 aliphatic heterocycles. The van der Waals surface area contributed by atoms with Crippen LogP contribution in [0.4, 0.5) is 10.5 Å². The van der Waals surface area contributed by atoms with Crippen molar-refractivity contribution >= 4 is 29.3 Å². The lowest BCUT2D eigenvalue weighted by Gasteiger charge is -2.27. The maximum atomic E-state index is 12.0. The van der Waals surface area contributed by atoms with Gasteiger partial charge in [-0.3, -0.25) is 4.79 Å². The molecule has 1 aliphatic rings. The maximum absolute atomic E-state index is 12.0. The maximum Gasteiger partial charge on any atom is 0.319 e. The van der Waals surface area contributed by atoms with Crippen molar-refractivity contribution in [1.29, 1.82) is 0 Å². The van der Waals surface area contributed by atoms with E-state index >= 15 is 0 Å². The lowest BCUT2D eigenvalue weighted by molar-refractivity contribution is -0.142. The summed E-state index contributed by atoms with van der Waals surface area (Å²) in [5.74, 6) is -0.533. The van der Waals surface area contributed by atoms with Crippen molar-refractivity contribution in [1.82, 2.24) is 5.32 Å². The van der Waals surface area contributed by atoms with E-state index in [1.165, 1.54) is 7.11 Å². The Kier molecular flexibility index (Phi) is 5.49. The number of benzene rings is 1. The fourth-order valence-electron chi connectivity index (χ4n) is 2.61. The number of aliphatic carboxylic acids is 1. The number of carboxylic acids is 1. The molecule has 6 nitrogen and oxygen atoms in total. The van der Waals surface area contributed by atoms with E-state index in [9.17, 15) is 9.59 Å². The largest absolute Gasteiger partial charge is 0.495 e. The topological polar surface area (TPSA) is 87.7 Å². The number of ether oxygens (including phenoxy) is 1. The minimum atomic E-state index is -0.758. The summed E-state index contributed by atoms with van der Waals surface area (Å²) in [6.45, 7) is 0. The molecular weight excluding hydrogens is 308 g/mol. The fourth-order valence-corrected chi connectivity index (χ4v) is 2.78. The highest BCUT2D eigenvalue weighted by molar-refractivity contribution is 6.31. The van der Waals surface area contributed by atoms with Gasteiger partial charge in [-0.15, -0.1) is 0 Å². The van der Waals surface area contributed by atoms with Gasteiger partial charge in [-0.05, 0) is 43.9 Å². The summed E-state index contributed by atoms with van der Waals surface area (Å²) in [5, 5.41) is 15.0. The number of carboxylic acid groups (broad SMARTS) is 1. The molecule has 1 aliphatic carbocycles. The predicted octanol–water partition coefficient (Wildman–Crippen LogP) is 3.11. The first kappa shape index (κ1) is 16.4. The molecule has 0 atom stereocenters. The van der Waals surface area contributed by atoms with Gasteiger partial charge < -0.3 is 20.5 Å². The van der Waals surface area contributed by atoms with E-state index in [0.29, 0.717) is 42.1 Å². The molecule has 1 aromatic carbocycles. The van der Waals surface area contributed by atoms with Crippen LogP contribution in [0.1, 0.15) is 25.7 Å². The molecule has 1 fully saturated rings. The lowest BCUT2D eigenvalue weighted by Crippen LogP contribution is -2.41. The average Bonchev–Trinajstić information content (AvgIpc) is 2.48. The Bertz CT molecular complexity index is 556. The highest BCUT2D eigenvalue weighted by Crippen LogP contribution is 2.28. The van der Waals surface area contributed by atoms with Gasteiger partial charge in [0.25, 0.3) is 0 Å². The van der Waals surface area contributed by atoms with Crippen LogP contribution in [0.25, 0.3) is 0 Å². The van der Waals surface area contributed by atoms with E-state index in [0.717, 1.165) is 0 Å². The van der Waals surface area contributed by atoms with Crippen molar-refractivity contribution in [3.63, 3.8) is 0 Å². The number of urea groups is 1. The van der Waals surface area contributed by atoms with Crippen LogP contribution in [0, 0.1) is 5.92 Å². The minimum Gasteiger partial charge on any atom is -0.495 e. The zero-order valence-corrected chi connectivity index (χ0v) is 13.0. The highest BCUT2D eigenvalue weighted by Gasteiger charge is 2.26. The first-order valence-corrected chi connectivity index (χ1v) is 7.51. The summed E-state index contributed by atoms with van der Waals surface area (Å²) in [7, 11) is 1.51. The normalized spacial score (nSPS) is 21.0. The summed E-state index contributed by atoms with van der Waals surface area (Å²) in [4.78, 5) is 22.9. The Labute approximate surface area is 133 Å². The van der Waals surface area contributed by atoms with Crippen LogP contribution in [0.5, 0.6) is 5.75 Å². The summed E-state index contributed by atoms with van der Waals surface area (Å²) in [5.41, 5.74) is 0.492. The number of carbonyl (C=O) groups is 2. The third-order valence-electron chi connectivity index (χ3n) is 3.82. The molecule has 0 unspecified atom stereocenters. The van der Waals surface area contributed by atoms with Crippen LogP contribution in [0.15, 0.2) is 18.2 Å². The molecular formula is C15H19ClN2O4. The number of halogens is 1. The summed E-state index contributed by atoms with van der Waals surface area (Å²) < 4.78 is 5.17. The van der Waals surface area contributed by atoms with Crippen LogP contribution in [-0.4, -0.2) is 30.3 Å². The van der Waals surface area contributed by atoms with Crippen molar-refractivity contribution in [2.24, 2.45) is 5.92 Å². The molecule has 0 bridgehead atoms. The van der Waals surface area contributed by atoms with Gasteiger partial charge in [0.05, 0.1) is 18.7 Å². The Morgan fingerprint density at radius 2 is 1.95 bits per heavy atom.